The van der Waals surface area contributed by atoms with E-state index < -0.39 is 5.67 Å². The molecule has 0 radical (unpaired) electrons. The smallest absolute Gasteiger partial charge is 0.152 e. The van der Waals surface area contributed by atoms with Crippen molar-refractivity contribution in [3.05, 3.63) is 96.2 Å². The van der Waals surface area contributed by atoms with Crippen LogP contribution in [0.4, 0.5) is 4.39 Å². The molecule has 0 fully saturated rings. The molecular formula is C24H29FN2. The molecule has 3 heteroatoms. The number of benzene rings is 2. The van der Waals surface area contributed by atoms with Crippen LogP contribution in [-0.4, -0.2) is 19.3 Å². The summed E-state index contributed by atoms with van der Waals surface area (Å²) in [6.07, 6.45) is 4.56. The number of halogens is 1. The van der Waals surface area contributed by atoms with E-state index in [4.69, 9.17) is 0 Å². The molecule has 0 saturated heterocycles. The van der Waals surface area contributed by atoms with Crippen molar-refractivity contribution in [3.8, 4) is 0 Å². The average molecular weight is 365 g/mol. The minimum atomic E-state index is -1.48. The van der Waals surface area contributed by atoms with E-state index in [0.717, 1.165) is 11.3 Å². The Bertz CT molecular complexity index is 777. The van der Waals surface area contributed by atoms with Crippen molar-refractivity contribution in [2.45, 2.75) is 31.9 Å². The van der Waals surface area contributed by atoms with Crippen molar-refractivity contribution in [2.75, 3.05) is 13.6 Å². The van der Waals surface area contributed by atoms with Crippen LogP contribution in [0.25, 0.3) is 0 Å². The van der Waals surface area contributed by atoms with E-state index in [9.17, 15) is 0 Å². The molecule has 0 bridgehead atoms. The number of rotatable bonds is 9. The standard InChI is InChI=1S/C24H29FN2/c1-19(15-16-26-4)23(21-11-7-5-8-12-21)17-20(2)27-18-24(3,25)22-13-9-6-10-14-22/h5-16,23,26H,1,17-18H2,2-4H3/b16-15-,27-20?. The van der Waals surface area contributed by atoms with Crippen molar-refractivity contribution in [1.29, 1.82) is 0 Å². The molecule has 2 nitrogen and oxygen atoms in total. The Morgan fingerprint density at radius 1 is 1.15 bits per heavy atom. The van der Waals surface area contributed by atoms with Crippen LogP contribution in [0.2, 0.25) is 0 Å². The number of aliphatic imine (C=N–C) groups is 1. The van der Waals surface area contributed by atoms with E-state index in [-0.39, 0.29) is 12.5 Å². The Balaban J connectivity index is 2.15. The Labute approximate surface area is 162 Å². The predicted octanol–water partition coefficient (Wildman–Crippen LogP) is 5.80. The first-order valence-electron chi connectivity index (χ1n) is 9.26. The molecule has 2 atom stereocenters. The van der Waals surface area contributed by atoms with Gasteiger partial charge in [0.05, 0.1) is 6.54 Å². The number of alkyl halides is 1. The first kappa shape index (κ1) is 20.6. The van der Waals surface area contributed by atoms with Crippen molar-refractivity contribution < 1.29 is 4.39 Å². The lowest BCUT2D eigenvalue weighted by molar-refractivity contribution is 0.204. The molecule has 2 aromatic carbocycles. The van der Waals surface area contributed by atoms with Crippen LogP contribution in [0, 0.1) is 0 Å². The zero-order valence-corrected chi connectivity index (χ0v) is 16.5. The van der Waals surface area contributed by atoms with Crippen LogP contribution in [0.3, 0.4) is 0 Å². The molecule has 0 heterocycles. The molecule has 1 N–H and O–H groups in total. The molecule has 0 aliphatic rings. The van der Waals surface area contributed by atoms with Gasteiger partial charge >= 0.3 is 0 Å². The minimum Gasteiger partial charge on any atom is -0.394 e. The second-order valence-corrected chi connectivity index (χ2v) is 6.98. The van der Waals surface area contributed by atoms with E-state index >= 15 is 4.39 Å². The summed E-state index contributed by atoms with van der Waals surface area (Å²) in [6, 6.07) is 19.5. The van der Waals surface area contributed by atoms with Gasteiger partial charge in [-0.1, -0.05) is 67.2 Å². The highest BCUT2D eigenvalue weighted by Crippen LogP contribution is 2.29. The lowest BCUT2D eigenvalue weighted by atomic mass is 9.87. The SMILES string of the molecule is C=C(/C=C\NC)C(CC(C)=NCC(C)(F)c1ccccc1)c1ccccc1. The Morgan fingerprint density at radius 3 is 2.33 bits per heavy atom. The first-order valence-corrected chi connectivity index (χ1v) is 9.26. The summed E-state index contributed by atoms with van der Waals surface area (Å²) in [6.45, 7) is 7.89. The molecule has 0 amide bonds. The van der Waals surface area contributed by atoms with Gasteiger partial charge in [-0.2, -0.15) is 0 Å². The quantitative estimate of drug-likeness (QED) is 0.442. The van der Waals surface area contributed by atoms with Gasteiger partial charge < -0.3 is 5.32 Å². The van der Waals surface area contributed by atoms with Gasteiger partial charge in [0.2, 0.25) is 0 Å². The molecule has 142 valence electrons. The van der Waals surface area contributed by atoms with Crippen LogP contribution >= 0.6 is 0 Å². The minimum absolute atomic E-state index is 0.113. The molecular weight excluding hydrogens is 335 g/mol. The number of hydrogen-bond acceptors (Lipinski definition) is 2. The number of nitrogens with one attached hydrogen (secondary N) is 1. The molecule has 27 heavy (non-hydrogen) atoms. The van der Waals surface area contributed by atoms with Gasteiger partial charge in [0.25, 0.3) is 0 Å². The van der Waals surface area contributed by atoms with E-state index in [1.807, 2.05) is 74.8 Å². The fraction of sp³-hybridized carbons (Fsp3) is 0.292. The highest BCUT2D eigenvalue weighted by Gasteiger charge is 2.25. The molecule has 2 unspecified atom stereocenters. The first-order chi connectivity index (χ1) is 12.9. The fourth-order valence-corrected chi connectivity index (χ4v) is 2.98. The lowest BCUT2D eigenvalue weighted by Crippen LogP contribution is -2.20. The molecule has 0 aliphatic carbocycles. The van der Waals surface area contributed by atoms with Gasteiger partial charge in [-0.25, -0.2) is 4.39 Å². The van der Waals surface area contributed by atoms with Gasteiger partial charge in [-0.15, -0.1) is 0 Å². The van der Waals surface area contributed by atoms with Crippen molar-refractivity contribution in [3.63, 3.8) is 0 Å². The summed E-state index contributed by atoms with van der Waals surface area (Å²) in [5.41, 5.74) is 2.28. The van der Waals surface area contributed by atoms with E-state index in [2.05, 4.69) is 29.0 Å². The molecule has 0 saturated carbocycles. The van der Waals surface area contributed by atoms with Crippen molar-refractivity contribution in [1.82, 2.24) is 5.32 Å². The molecule has 2 rings (SSSR count). The zero-order chi connectivity index (χ0) is 19.7. The second kappa shape index (κ2) is 9.86. The lowest BCUT2D eigenvalue weighted by Gasteiger charge is -2.21. The van der Waals surface area contributed by atoms with E-state index in [0.29, 0.717) is 12.0 Å². The largest absolute Gasteiger partial charge is 0.394 e. The van der Waals surface area contributed by atoms with Gasteiger partial charge in [-0.3, -0.25) is 4.99 Å². The van der Waals surface area contributed by atoms with Crippen LogP contribution in [0.5, 0.6) is 0 Å². The van der Waals surface area contributed by atoms with Crippen LogP contribution < -0.4 is 5.32 Å². The zero-order valence-electron chi connectivity index (χ0n) is 16.5. The third kappa shape index (κ3) is 6.21. The van der Waals surface area contributed by atoms with E-state index in [1.54, 1.807) is 6.92 Å². The molecule has 0 spiro atoms. The summed E-state index contributed by atoms with van der Waals surface area (Å²) in [7, 11) is 1.86. The maximum atomic E-state index is 15.0. The summed E-state index contributed by atoms with van der Waals surface area (Å²) in [5.74, 6) is 0.113. The fourth-order valence-electron chi connectivity index (χ4n) is 2.98. The second-order valence-electron chi connectivity index (χ2n) is 6.98. The molecule has 0 aliphatic heterocycles. The third-order valence-electron chi connectivity index (χ3n) is 4.63. The maximum absolute atomic E-state index is 15.0. The summed E-state index contributed by atoms with van der Waals surface area (Å²) in [4.78, 5) is 4.56. The molecule has 0 aromatic heterocycles. The van der Waals surface area contributed by atoms with Gasteiger partial charge in [-0.05, 0) is 49.2 Å². The number of allylic oxidation sites excluding steroid dienone is 2. The monoisotopic (exact) mass is 364 g/mol. The average Bonchev–Trinajstić information content (AvgIpc) is 2.70. The van der Waals surface area contributed by atoms with Gasteiger partial charge in [0, 0.05) is 18.7 Å². The topological polar surface area (TPSA) is 24.4 Å². The van der Waals surface area contributed by atoms with Crippen LogP contribution in [-0.2, 0) is 5.67 Å². The summed E-state index contributed by atoms with van der Waals surface area (Å²) in [5, 5.41) is 3.00. The highest BCUT2D eigenvalue weighted by atomic mass is 19.1. The third-order valence-corrected chi connectivity index (χ3v) is 4.63. The number of hydrogen-bond donors (Lipinski definition) is 1. The van der Waals surface area contributed by atoms with Gasteiger partial charge in [0.1, 0.15) is 0 Å². The van der Waals surface area contributed by atoms with Crippen molar-refractivity contribution >= 4 is 5.71 Å². The normalized spacial score (nSPS) is 15.3. The van der Waals surface area contributed by atoms with Gasteiger partial charge in [0.15, 0.2) is 5.67 Å². The maximum Gasteiger partial charge on any atom is 0.152 e. The van der Waals surface area contributed by atoms with Crippen LogP contribution in [0.1, 0.15) is 37.3 Å². The Hall–Kier alpha value is -2.68. The Morgan fingerprint density at radius 2 is 1.74 bits per heavy atom. The summed E-state index contributed by atoms with van der Waals surface area (Å²) < 4.78 is 15.0. The van der Waals surface area contributed by atoms with Crippen LogP contribution in [0.15, 0.2) is 90.1 Å². The Kier molecular flexibility index (Phi) is 7.54. The van der Waals surface area contributed by atoms with Crippen molar-refractivity contribution in [2.24, 2.45) is 4.99 Å². The summed E-state index contributed by atoms with van der Waals surface area (Å²) >= 11 is 0. The number of nitrogens with zero attached hydrogens (tertiary/aromatic N) is 1. The van der Waals surface area contributed by atoms with E-state index in [1.165, 1.54) is 5.56 Å². The highest BCUT2D eigenvalue weighted by molar-refractivity contribution is 5.83. The molecule has 2 aromatic rings. The predicted molar refractivity (Wildman–Crippen MR) is 114 cm³/mol.